The maximum absolute atomic E-state index is 13.6. The van der Waals surface area contributed by atoms with Gasteiger partial charge >= 0.3 is 0 Å². The Labute approximate surface area is 192 Å². The van der Waals surface area contributed by atoms with E-state index in [-0.39, 0.29) is 17.4 Å². The molecule has 1 aromatic heterocycles. The molecule has 2 aromatic rings. The Bertz CT molecular complexity index is 928. The number of benzene rings is 1. The summed E-state index contributed by atoms with van der Waals surface area (Å²) in [5, 5.41) is 0. The summed E-state index contributed by atoms with van der Waals surface area (Å²) in [7, 11) is 4.23. The van der Waals surface area contributed by atoms with Gasteiger partial charge in [0.1, 0.15) is 5.82 Å². The van der Waals surface area contributed by atoms with Gasteiger partial charge in [-0.3, -0.25) is 9.69 Å². The van der Waals surface area contributed by atoms with Gasteiger partial charge in [-0.1, -0.05) is 39.0 Å². The van der Waals surface area contributed by atoms with Crippen molar-refractivity contribution < 1.29 is 4.79 Å². The Balaban J connectivity index is 1.53. The molecular formula is C26H37N5O. The number of carbonyl (C=O) groups excluding carboxylic acids is 1. The minimum Gasteiger partial charge on any atom is -0.354 e. The normalized spacial score (nSPS) is 21.3. The van der Waals surface area contributed by atoms with Crippen LogP contribution in [0.25, 0.3) is 0 Å². The second-order valence-corrected chi connectivity index (χ2v) is 10.3. The first kappa shape index (κ1) is 22.7. The molecule has 1 unspecified atom stereocenters. The Kier molecular flexibility index (Phi) is 6.54. The number of pyridine rings is 1. The van der Waals surface area contributed by atoms with Crippen LogP contribution in [0.4, 0.5) is 11.5 Å². The number of rotatable bonds is 4. The van der Waals surface area contributed by atoms with Gasteiger partial charge in [0, 0.05) is 57.6 Å². The first-order valence-corrected chi connectivity index (χ1v) is 11.7. The van der Waals surface area contributed by atoms with Crippen LogP contribution in [-0.4, -0.2) is 80.1 Å². The van der Waals surface area contributed by atoms with Gasteiger partial charge in [-0.05, 0) is 48.8 Å². The Morgan fingerprint density at radius 1 is 0.938 bits per heavy atom. The highest BCUT2D eigenvalue weighted by atomic mass is 16.2. The topological polar surface area (TPSA) is 42.9 Å². The van der Waals surface area contributed by atoms with Gasteiger partial charge in [0.15, 0.2) is 0 Å². The van der Waals surface area contributed by atoms with Crippen LogP contribution in [0, 0.1) is 0 Å². The van der Waals surface area contributed by atoms with Crippen LogP contribution in [-0.2, 0) is 16.6 Å². The first-order chi connectivity index (χ1) is 15.2. The maximum atomic E-state index is 13.6. The summed E-state index contributed by atoms with van der Waals surface area (Å²) in [5.41, 5.74) is 3.54. The van der Waals surface area contributed by atoms with Crippen molar-refractivity contribution in [1.29, 1.82) is 0 Å². The van der Waals surface area contributed by atoms with Gasteiger partial charge in [-0.15, -0.1) is 0 Å². The van der Waals surface area contributed by atoms with Crippen molar-refractivity contribution in [3.05, 3.63) is 53.7 Å². The van der Waals surface area contributed by atoms with Gasteiger partial charge in [-0.2, -0.15) is 0 Å². The molecule has 0 saturated carbocycles. The quantitative estimate of drug-likeness (QED) is 0.739. The standard InChI is InChI=1S/C26H37N5O/c1-26(2,3)21-8-10-22(11-9-21)31-18-15-29(5)23(25(31)32)19-20-7-6-12-27-24(20)30-16-13-28(4)14-17-30/h6-12,23H,13-19H2,1-5H3. The third-order valence-corrected chi connectivity index (χ3v) is 6.89. The summed E-state index contributed by atoms with van der Waals surface area (Å²) < 4.78 is 0. The maximum Gasteiger partial charge on any atom is 0.244 e. The van der Waals surface area contributed by atoms with E-state index in [2.05, 4.69) is 79.9 Å². The third-order valence-electron chi connectivity index (χ3n) is 6.89. The van der Waals surface area contributed by atoms with E-state index in [4.69, 9.17) is 4.98 Å². The highest BCUT2D eigenvalue weighted by Gasteiger charge is 2.34. The van der Waals surface area contributed by atoms with Gasteiger partial charge in [0.25, 0.3) is 0 Å². The van der Waals surface area contributed by atoms with Gasteiger partial charge in [0.2, 0.25) is 5.91 Å². The average molecular weight is 436 g/mol. The predicted molar refractivity (Wildman–Crippen MR) is 132 cm³/mol. The van der Waals surface area contributed by atoms with E-state index in [1.165, 1.54) is 5.56 Å². The van der Waals surface area contributed by atoms with Gasteiger partial charge in [-0.25, -0.2) is 4.98 Å². The molecule has 172 valence electrons. The fourth-order valence-corrected chi connectivity index (χ4v) is 4.63. The molecule has 1 aromatic carbocycles. The van der Waals surface area contributed by atoms with Gasteiger partial charge < -0.3 is 14.7 Å². The molecule has 0 N–H and O–H groups in total. The molecule has 32 heavy (non-hydrogen) atoms. The van der Waals surface area contributed by atoms with E-state index >= 15 is 0 Å². The van der Waals surface area contributed by atoms with E-state index in [9.17, 15) is 4.79 Å². The summed E-state index contributed by atoms with van der Waals surface area (Å²) in [6.07, 6.45) is 2.55. The molecule has 0 bridgehead atoms. The number of piperazine rings is 2. The molecule has 1 amide bonds. The highest BCUT2D eigenvalue weighted by molar-refractivity contribution is 5.98. The number of hydrogen-bond acceptors (Lipinski definition) is 5. The van der Waals surface area contributed by atoms with Crippen LogP contribution in [0.1, 0.15) is 31.9 Å². The number of carbonyl (C=O) groups is 1. The fourth-order valence-electron chi connectivity index (χ4n) is 4.63. The lowest BCUT2D eigenvalue weighted by molar-refractivity contribution is -0.125. The summed E-state index contributed by atoms with van der Waals surface area (Å²) in [6.45, 7) is 12.2. The third kappa shape index (κ3) is 4.81. The number of likely N-dealkylation sites (N-methyl/N-ethyl adjacent to an activating group) is 2. The van der Waals surface area contributed by atoms with Crippen LogP contribution >= 0.6 is 0 Å². The van der Waals surface area contributed by atoms with Crippen LogP contribution in [0.15, 0.2) is 42.6 Å². The summed E-state index contributed by atoms with van der Waals surface area (Å²) in [4.78, 5) is 27.2. The average Bonchev–Trinajstić information content (AvgIpc) is 2.77. The molecule has 2 aliphatic rings. The number of hydrogen-bond donors (Lipinski definition) is 0. The zero-order valence-electron chi connectivity index (χ0n) is 20.2. The fraction of sp³-hybridized carbons (Fsp3) is 0.538. The number of amides is 1. The Morgan fingerprint density at radius 3 is 2.28 bits per heavy atom. The molecule has 4 rings (SSSR count). The van der Waals surface area contributed by atoms with Crippen LogP contribution in [0.5, 0.6) is 0 Å². The van der Waals surface area contributed by atoms with Crippen molar-refractivity contribution in [3.63, 3.8) is 0 Å². The zero-order valence-corrected chi connectivity index (χ0v) is 20.2. The van der Waals surface area contributed by atoms with Gasteiger partial charge in [0.05, 0.1) is 6.04 Å². The van der Waals surface area contributed by atoms with Crippen molar-refractivity contribution in [2.45, 2.75) is 38.6 Å². The lowest BCUT2D eigenvalue weighted by Gasteiger charge is -2.40. The smallest absolute Gasteiger partial charge is 0.244 e. The molecular weight excluding hydrogens is 398 g/mol. The van der Waals surface area contributed by atoms with E-state index in [0.29, 0.717) is 6.42 Å². The molecule has 2 fully saturated rings. The summed E-state index contributed by atoms with van der Waals surface area (Å²) >= 11 is 0. The predicted octanol–water partition coefficient (Wildman–Crippen LogP) is 3.02. The molecule has 0 radical (unpaired) electrons. The zero-order chi connectivity index (χ0) is 22.9. The minimum atomic E-state index is -0.179. The van der Waals surface area contributed by atoms with Crippen molar-refractivity contribution in [3.8, 4) is 0 Å². The lowest BCUT2D eigenvalue weighted by atomic mass is 9.87. The molecule has 2 saturated heterocycles. The summed E-state index contributed by atoms with van der Waals surface area (Å²) in [5.74, 6) is 1.21. The number of anilines is 2. The van der Waals surface area contributed by atoms with E-state index in [0.717, 1.165) is 56.3 Å². The number of aromatic nitrogens is 1. The Morgan fingerprint density at radius 2 is 1.62 bits per heavy atom. The van der Waals surface area contributed by atoms with Crippen LogP contribution in [0.3, 0.4) is 0 Å². The Hall–Kier alpha value is -2.44. The SMILES string of the molecule is CN1CCN(c2ncccc2CC2C(=O)N(c3ccc(C(C)(C)C)cc3)CCN2C)CC1. The summed E-state index contributed by atoms with van der Waals surface area (Å²) in [6, 6.07) is 12.5. The van der Waals surface area contributed by atoms with E-state index in [1.54, 1.807) is 0 Å². The van der Waals surface area contributed by atoms with Crippen molar-refractivity contribution >= 4 is 17.4 Å². The molecule has 0 aliphatic carbocycles. The molecule has 6 nitrogen and oxygen atoms in total. The highest BCUT2D eigenvalue weighted by Crippen LogP contribution is 2.28. The lowest BCUT2D eigenvalue weighted by Crippen LogP contribution is -2.56. The van der Waals surface area contributed by atoms with Crippen molar-refractivity contribution in [2.24, 2.45) is 0 Å². The molecule has 3 heterocycles. The second kappa shape index (κ2) is 9.20. The minimum absolute atomic E-state index is 0.104. The first-order valence-electron chi connectivity index (χ1n) is 11.7. The van der Waals surface area contributed by atoms with Crippen LogP contribution in [0.2, 0.25) is 0 Å². The molecule has 6 heteroatoms. The van der Waals surface area contributed by atoms with E-state index < -0.39 is 0 Å². The molecule has 2 aliphatic heterocycles. The second-order valence-electron chi connectivity index (χ2n) is 10.3. The molecule has 0 spiro atoms. The monoisotopic (exact) mass is 435 g/mol. The largest absolute Gasteiger partial charge is 0.354 e. The molecule has 1 atom stereocenters. The van der Waals surface area contributed by atoms with Crippen molar-refractivity contribution in [2.75, 3.05) is 63.2 Å². The van der Waals surface area contributed by atoms with Crippen molar-refractivity contribution in [1.82, 2.24) is 14.8 Å². The van der Waals surface area contributed by atoms with Crippen LogP contribution < -0.4 is 9.80 Å². The number of nitrogens with zero attached hydrogens (tertiary/aromatic N) is 5. The van der Waals surface area contributed by atoms with E-state index in [1.807, 2.05) is 17.2 Å².